The van der Waals surface area contributed by atoms with E-state index in [1.54, 1.807) is 18.4 Å². The standard InChI is InChI=1S/C11H18N6O2S2/c1-3-5-12-7-9-10(4-6-20-9)21(18,19)15-8(2)11-13-16-17-14-11/h4,6,8,12,15H,3,5,7H2,1-2H3,(H,13,14,16,17). The lowest BCUT2D eigenvalue weighted by Gasteiger charge is -2.11. The summed E-state index contributed by atoms with van der Waals surface area (Å²) in [7, 11) is -3.61. The third-order valence-corrected chi connectivity index (χ3v) is 5.46. The van der Waals surface area contributed by atoms with Crippen LogP contribution in [0, 0.1) is 0 Å². The van der Waals surface area contributed by atoms with E-state index in [1.165, 1.54) is 11.3 Å². The molecule has 0 spiro atoms. The van der Waals surface area contributed by atoms with Crippen LogP contribution in [-0.4, -0.2) is 35.6 Å². The van der Waals surface area contributed by atoms with Gasteiger partial charge < -0.3 is 5.32 Å². The number of nitrogens with zero attached hydrogens (tertiary/aromatic N) is 3. The van der Waals surface area contributed by atoms with Gasteiger partial charge in [-0.3, -0.25) is 0 Å². The fraction of sp³-hybridized carbons (Fsp3) is 0.545. The molecular weight excluding hydrogens is 312 g/mol. The summed E-state index contributed by atoms with van der Waals surface area (Å²) in [5.74, 6) is 0.305. The SMILES string of the molecule is CCCNCc1sccc1S(=O)(=O)NC(C)c1nn[nH]n1. The highest BCUT2D eigenvalue weighted by molar-refractivity contribution is 7.89. The van der Waals surface area contributed by atoms with Crippen LogP contribution in [0.3, 0.4) is 0 Å². The van der Waals surface area contributed by atoms with Crippen LogP contribution >= 0.6 is 11.3 Å². The monoisotopic (exact) mass is 330 g/mol. The summed E-state index contributed by atoms with van der Waals surface area (Å²) in [6.45, 7) is 5.12. The second-order valence-corrected chi connectivity index (χ2v) is 7.18. The number of H-pyrrole nitrogens is 1. The third kappa shape index (κ3) is 4.06. The van der Waals surface area contributed by atoms with Crippen molar-refractivity contribution in [3.05, 3.63) is 22.1 Å². The van der Waals surface area contributed by atoms with E-state index < -0.39 is 16.1 Å². The molecule has 10 heteroatoms. The lowest BCUT2D eigenvalue weighted by molar-refractivity contribution is 0.558. The van der Waals surface area contributed by atoms with Gasteiger partial charge in [0.05, 0.1) is 10.9 Å². The maximum atomic E-state index is 12.4. The van der Waals surface area contributed by atoms with Crippen molar-refractivity contribution in [1.29, 1.82) is 0 Å². The van der Waals surface area contributed by atoms with Crippen LogP contribution in [0.1, 0.15) is 37.0 Å². The maximum absolute atomic E-state index is 12.4. The fourth-order valence-corrected chi connectivity index (χ4v) is 4.39. The van der Waals surface area contributed by atoms with E-state index in [2.05, 4.69) is 37.6 Å². The summed E-state index contributed by atoms with van der Waals surface area (Å²) < 4.78 is 27.4. The predicted octanol–water partition coefficient (Wildman–Crippen LogP) is 0.800. The zero-order chi connectivity index (χ0) is 15.3. The second-order valence-electron chi connectivity index (χ2n) is 4.50. The van der Waals surface area contributed by atoms with Crippen LogP contribution in [0.5, 0.6) is 0 Å². The summed E-state index contributed by atoms with van der Waals surface area (Å²) in [5, 5.41) is 18.3. The molecule has 0 radical (unpaired) electrons. The molecule has 0 saturated heterocycles. The van der Waals surface area contributed by atoms with E-state index in [0.717, 1.165) is 17.8 Å². The Morgan fingerprint density at radius 3 is 2.95 bits per heavy atom. The van der Waals surface area contributed by atoms with E-state index in [0.29, 0.717) is 17.3 Å². The van der Waals surface area contributed by atoms with Gasteiger partial charge in [-0.15, -0.1) is 21.5 Å². The number of hydrogen-bond acceptors (Lipinski definition) is 7. The van der Waals surface area contributed by atoms with Gasteiger partial charge in [-0.25, -0.2) is 13.1 Å². The highest BCUT2D eigenvalue weighted by Gasteiger charge is 2.24. The van der Waals surface area contributed by atoms with Crippen molar-refractivity contribution in [2.24, 2.45) is 0 Å². The Labute approximate surface area is 127 Å². The second kappa shape index (κ2) is 7.07. The van der Waals surface area contributed by atoms with Crippen molar-refractivity contribution in [2.45, 2.75) is 37.8 Å². The molecular formula is C11H18N6O2S2. The van der Waals surface area contributed by atoms with Crippen molar-refractivity contribution in [2.75, 3.05) is 6.54 Å². The van der Waals surface area contributed by atoms with Gasteiger partial charge in [0.15, 0.2) is 5.82 Å². The van der Waals surface area contributed by atoms with Crippen LogP contribution in [0.25, 0.3) is 0 Å². The molecule has 8 nitrogen and oxygen atoms in total. The molecule has 21 heavy (non-hydrogen) atoms. The molecule has 0 fully saturated rings. The number of tetrazole rings is 1. The normalized spacial score (nSPS) is 13.4. The molecule has 2 rings (SSSR count). The summed E-state index contributed by atoms with van der Waals surface area (Å²) in [5.41, 5.74) is 0. The molecule has 0 aliphatic heterocycles. The molecule has 0 aliphatic rings. The first kappa shape index (κ1) is 16.0. The lowest BCUT2D eigenvalue weighted by atomic mass is 10.4. The van der Waals surface area contributed by atoms with Gasteiger partial charge in [0.25, 0.3) is 0 Å². The molecule has 0 saturated carbocycles. The molecule has 116 valence electrons. The quantitative estimate of drug-likeness (QED) is 0.617. The minimum atomic E-state index is -3.61. The number of thiophene rings is 1. The van der Waals surface area contributed by atoms with Gasteiger partial charge in [0.1, 0.15) is 0 Å². The number of aromatic nitrogens is 4. The Morgan fingerprint density at radius 1 is 1.48 bits per heavy atom. The van der Waals surface area contributed by atoms with Gasteiger partial charge in [0, 0.05) is 11.4 Å². The van der Waals surface area contributed by atoms with Crippen molar-refractivity contribution < 1.29 is 8.42 Å². The molecule has 3 N–H and O–H groups in total. The largest absolute Gasteiger partial charge is 0.312 e. The highest BCUT2D eigenvalue weighted by atomic mass is 32.2. The van der Waals surface area contributed by atoms with E-state index in [9.17, 15) is 8.42 Å². The number of hydrogen-bond donors (Lipinski definition) is 3. The molecule has 2 aromatic rings. The third-order valence-electron chi connectivity index (χ3n) is 2.79. The number of aromatic amines is 1. The van der Waals surface area contributed by atoms with Gasteiger partial charge >= 0.3 is 0 Å². The highest BCUT2D eigenvalue weighted by Crippen LogP contribution is 2.23. The van der Waals surface area contributed by atoms with E-state index in [1.807, 2.05) is 0 Å². The van der Waals surface area contributed by atoms with Gasteiger partial charge in [-0.1, -0.05) is 12.1 Å². The lowest BCUT2D eigenvalue weighted by Crippen LogP contribution is -2.28. The smallest absolute Gasteiger partial charge is 0.242 e. The van der Waals surface area contributed by atoms with Crippen LogP contribution in [-0.2, 0) is 16.6 Å². The molecule has 0 aromatic carbocycles. The average molecular weight is 330 g/mol. The van der Waals surface area contributed by atoms with Gasteiger partial charge in [0.2, 0.25) is 10.0 Å². The van der Waals surface area contributed by atoms with Crippen LogP contribution in [0.15, 0.2) is 16.3 Å². The zero-order valence-electron chi connectivity index (χ0n) is 11.8. The molecule has 0 amide bonds. The topological polar surface area (TPSA) is 113 Å². The molecule has 1 atom stereocenters. The Morgan fingerprint density at radius 2 is 2.29 bits per heavy atom. The van der Waals surface area contributed by atoms with Crippen LogP contribution in [0.4, 0.5) is 0 Å². The Bertz CT molecular complexity index is 652. The molecule has 2 heterocycles. The summed E-state index contributed by atoms with van der Waals surface area (Å²) in [4.78, 5) is 1.09. The van der Waals surface area contributed by atoms with Crippen molar-refractivity contribution in [3.63, 3.8) is 0 Å². The molecule has 1 unspecified atom stereocenters. The van der Waals surface area contributed by atoms with Crippen molar-refractivity contribution >= 4 is 21.4 Å². The number of rotatable bonds is 8. The fourth-order valence-electron chi connectivity index (χ4n) is 1.78. The van der Waals surface area contributed by atoms with E-state index >= 15 is 0 Å². The van der Waals surface area contributed by atoms with Crippen LogP contribution < -0.4 is 10.0 Å². The minimum Gasteiger partial charge on any atom is -0.312 e. The number of nitrogens with one attached hydrogen (secondary N) is 3. The van der Waals surface area contributed by atoms with Crippen LogP contribution in [0.2, 0.25) is 0 Å². The predicted molar refractivity (Wildman–Crippen MR) is 79.2 cm³/mol. The summed E-state index contributed by atoms with van der Waals surface area (Å²) in [6, 6.07) is 1.06. The Kier molecular flexibility index (Phi) is 5.39. The minimum absolute atomic E-state index is 0.298. The zero-order valence-corrected chi connectivity index (χ0v) is 13.5. The summed E-state index contributed by atoms with van der Waals surface area (Å²) >= 11 is 1.42. The summed E-state index contributed by atoms with van der Waals surface area (Å²) in [6.07, 6.45) is 1.00. The van der Waals surface area contributed by atoms with Crippen molar-refractivity contribution in [1.82, 2.24) is 30.7 Å². The molecule has 2 aromatic heterocycles. The first-order valence-electron chi connectivity index (χ1n) is 6.57. The van der Waals surface area contributed by atoms with E-state index in [4.69, 9.17) is 0 Å². The Balaban J connectivity index is 2.11. The Hall–Kier alpha value is -1.36. The van der Waals surface area contributed by atoms with Gasteiger partial charge in [-0.05, 0) is 31.3 Å². The van der Waals surface area contributed by atoms with Crippen molar-refractivity contribution in [3.8, 4) is 0 Å². The molecule has 0 aliphatic carbocycles. The first-order chi connectivity index (χ1) is 10.0. The maximum Gasteiger partial charge on any atom is 0.242 e. The average Bonchev–Trinajstić information content (AvgIpc) is 3.10. The number of sulfonamides is 1. The first-order valence-corrected chi connectivity index (χ1v) is 8.93. The van der Waals surface area contributed by atoms with E-state index in [-0.39, 0.29) is 0 Å². The molecule has 0 bridgehead atoms. The van der Waals surface area contributed by atoms with Gasteiger partial charge in [-0.2, -0.15) is 5.21 Å².